The van der Waals surface area contributed by atoms with Gasteiger partial charge in [-0.2, -0.15) is 0 Å². The predicted molar refractivity (Wildman–Crippen MR) is 102 cm³/mol. The van der Waals surface area contributed by atoms with E-state index in [1.165, 1.54) is 17.3 Å². The number of morpholine rings is 1. The third-order valence-corrected chi connectivity index (χ3v) is 5.26. The Bertz CT molecular complexity index is 794. The van der Waals surface area contributed by atoms with Gasteiger partial charge in [0, 0.05) is 37.6 Å². The molecule has 2 aliphatic heterocycles. The molecule has 2 aliphatic rings. The van der Waals surface area contributed by atoms with Crippen LogP contribution in [0.1, 0.15) is 5.56 Å². The van der Waals surface area contributed by atoms with Gasteiger partial charge < -0.3 is 19.5 Å². The molecule has 1 aromatic carbocycles. The van der Waals surface area contributed by atoms with Crippen LogP contribution in [0.3, 0.4) is 0 Å². The van der Waals surface area contributed by atoms with Gasteiger partial charge in [-0.1, -0.05) is 17.8 Å². The van der Waals surface area contributed by atoms with Gasteiger partial charge in [0.15, 0.2) is 11.5 Å². The van der Waals surface area contributed by atoms with Crippen LogP contribution in [-0.2, 0) is 16.1 Å². The highest BCUT2D eigenvalue weighted by atomic mass is 32.2. The number of carbonyl (C=O) groups excluding carboxylic acids is 1. The van der Waals surface area contributed by atoms with Crippen LogP contribution in [0.25, 0.3) is 0 Å². The molecule has 0 spiro atoms. The molecule has 0 atom stereocenters. The second kappa shape index (κ2) is 8.60. The van der Waals surface area contributed by atoms with Gasteiger partial charge in [0.05, 0.1) is 24.0 Å². The molecular weight excluding hydrogens is 366 g/mol. The number of ether oxygens (including phenoxy) is 3. The largest absolute Gasteiger partial charge is 0.454 e. The zero-order valence-electron chi connectivity index (χ0n) is 14.8. The Balaban J connectivity index is 1.25. The van der Waals surface area contributed by atoms with Crippen molar-refractivity contribution in [1.82, 2.24) is 9.88 Å². The number of nitrogens with one attached hydrogen (secondary N) is 1. The lowest BCUT2D eigenvalue weighted by atomic mass is 10.2. The minimum absolute atomic E-state index is 0.0851. The number of thioether (sulfide) groups is 1. The van der Waals surface area contributed by atoms with Crippen LogP contribution in [0, 0.1) is 0 Å². The average Bonchev–Trinajstić information content (AvgIpc) is 3.16. The molecule has 0 radical (unpaired) electrons. The molecule has 0 unspecified atom stereocenters. The van der Waals surface area contributed by atoms with Crippen LogP contribution in [0.4, 0.5) is 5.69 Å². The number of carbonyl (C=O) groups is 1. The lowest BCUT2D eigenvalue weighted by Crippen LogP contribution is -2.35. The van der Waals surface area contributed by atoms with Crippen molar-refractivity contribution in [2.24, 2.45) is 0 Å². The molecule has 1 saturated heterocycles. The molecule has 1 fully saturated rings. The summed E-state index contributed by atoms with van der Waals surface area (Å²) in [4.78, 5) is 19.0. The third kappa shape index (κ3) is 4.91. The van der Waals surface area contributed by atoms with Gasteiger partial charge >= 0.3 is 0 Å². The lowest BCUT2D eigenvalue weighted by molar-refractivity contribution is -0.113. The van der Waals surface area contributed by atoms with E-state index in [0.29, 0.717) is 22.9 Å². The van der Waals surface area contributed by atoms with Gasteiger partial charge in [0.2, 0.25) is 12.7 Å². The minimum atomic E-state index is -0.0851. The first-order chi connectivity index (χ1) is 13.3. The van der Waals surface area contributed by atoms with Crippen LogP contribution >= 0.6 is 11.8 Å². The zero-order valence-corrected chi connectivity index (χ0v) is 15.7. The first-order valence-corrected chi connectivity index (χ1v) is 9.82. The van der Waals surface area contributed by atoms with E-state index in [1.54, 1.807) is 18.2 Å². The van der Waals surface area contributed by atoms with E-state index < -0.39 is 0 Å². The van der Waals surface area contributed by atoms with E-state index in [-0.39, 0.29) is 12.7 Å². The summed E-state index contributed by atoms with van der Waals surface area (Å²) in [6.07, 6.45) is 1.88. The SMILES string of the molecule is O=C(CSc1ccc(CN2CCOCC2)cn1)Nc1ccc2c(c1)OCO2. The first kappa shape index (κ1) is 18.1. The monoisotopic (exact) mass is 387 g/mol. The zero-order chi connectivity index (χ0) is 18.5. The summed E-state index contributed by atoms with van der Waals surface area (Å²) >= 11 is 1.42. The van der Waals surface area contributed by atoms with Gasteiger partial charge in [0.1, 0.15) is 0 Å². The average molecular weight is 387 g/mol. The molecule has 1 aromatic heterocycles. The number of hydrogen-bond donors (Lipinski definition) is 1. The predicted octanol–water partition coefficient (Wildman–Crippen LogP) is 2.37. The number of amides is 1. The molecule has 3 heterocycles. The van der Waals surface area contributed by atoms with Crippen LogP contribution in [0.5, 0.6) is 11.5 Å². The van der Waals surface area contributed by atoms with Crippen molar-refractivity contribution in [1.29, 1.82) is 0 Å². The second-order valence-electron chi connectivity index (χ2n) is 6.30. The molecule has 4 rings (SSSR count). The normalized spacial score (nSPS) is 16.3. The molecule has 2 aromatic rings. The van der Waals surface area contributed by atoms with Gasteiger partial charge in [-0.25, -0.2) is 4.98 Å². The van der Waals surface area contributed by atoms with E-state index in [4.69, 9.17) is 14.2 Å². The molecule has 1 amide bonds. The number of rotatable bonds is 6. The van der Waals surface area contributed by atoms with Crippen molar-refractivity contribution in [3.05, 3.63) is 42.1 Å². The van der Waals surface area contributed by atoms with E-state index in [0.717, 1.165) is 37.9 Å². The van der Waals surface area contributed by atoms with Crippen molar-refractivity contribution in [3.63, 3.8) is 0 Å². The summed E-state index contributed by atoms with van der Waals surface area (Å²) in [7, 11) is 0. The highest BCUT2D eigenvalue weighted by Gasteiger charge is 2.14. The number of fused-ring (bicyclic) bond motifs is 1. The Morgan fingerprint density at radius 3 is 2.81 bits per heavy atom. The van der Waals surface area contributed by atoms with E-state index in [1.807, 2.05) is 12.3 Å². The number of anilines is 1. The summed E-state index contributed by atoms with van der Waals surface area (Å²) in [6.45, 7) is 4.59. The molecule has 142 valence electrons. The van der Waals surface area contributed by atoms with E-state index in [9.17, 15) is 4.79 Å². The second-order valence-corrected chi connectivity index (χ2v) is 7.29. The quantitative estimate of drug-likeness (QED) is 0.763. The Morgan fingerprint density at radius 1 is 1.15 bits per heavy atom. The highest BCUT2D eigenvalue weighted by Crippen LogP contribution is 2.34. The standard InChI is InChI=1S/C19H21N3O4S/c23-18(21-15-2-3-16-17(9-15)26-13-25-16)12-27-19-4-1-14(10-20-19)11-22-5-7-24-8-6-22/h1-4,9-10H,5-8,11-13H2,(H,21,23). The Labute approximate surface area is 162 Å². The topological polar surface area (TPSA) is 72.9 Å². The molecule has 0 saturated carbocycles. The smallest absolute Gasteiger partial charge is 0.234 e. The van der Waals surface area contributed by atoms with Crippen LogP contribution in [-0.4, -0.2) is 54.6 Å². The first-order valence-electron chi connectivity index (χ1n) is 8.83. The van der Waals surface area contributed by atoms with Crippen molar-refractivity contribution >= 4 is 23.4 Å². The molecular formula is C19H21N3O4S. The maximum atomic E-state index is 12.2. The summed E-state index contributed by atoms with van der Waals surface area (Å²) in [5, 5.41) is 3.70. The van der Waals surface area contributed by atoms with Crippen LogP contribution in [0.2, 0.25) is 0 Å². The summed E-state index contributed by atoms with van der Waals surface area (Å²) < 4.78 is 15.9. The van der Waals surface area contributed by atoms with Crippen molar-refractivity contribution in [3.8, 4) is 11.5 Å². The van der Waals surface area contributed by atoms with Gasteiger partial charge in [-0.15, -0.1) is 0 Å². The molecule has 8 heteroatoms. The van der Waals surface area contributed by atoms with Crippen molar-refractivity contribution in [2.75, 3.05) is 44.2 Å². The fourth-order valence-corrected chi connectivity index (χ4v) is 3.56. The Morgan fingerprint density at radius 2 is 2.00 bits per heavy atom. The van der Waals surface area contributed by atoms with Crippen LogP contribution in [0.15, 0.2) is 41.6 Å². The maximum absolute atomic E-state index is 12.2. The number of benzene rings is 1. The van der Waals surface area contributed by atoms with Gasteiger partial charge in [-0.3, -0.25) is 9.69 Å². The van der Waals surface area contributed by atoms with E-state index in [2.05, 4.69) is 21.3 Å². The van der Waals surface area contributed by atoms with Crippen LogP contribution < -0.4 is 14.8 Å². The lowest BCUT2D eigenvalue weighted by Gasteiger charge is -2.26. The maximum Gasteiger partial charge on any atom is 0.234 e. The number of nitrogens with zero attached hydrogens (tertiary/aromatic N) is 2. The van der Waals surface area contributed by atoms with Crippen molar-refractivity contribution in [2.45, 2.75) is 11.6 Å². The summed E-state index contributed by atoms with van der Waals surface area (Å²) in [6, 6.07) is 9.40. The number of hydrogen-bond acceptors (Lipinski definition) is 7. The fourth-order valence-electron chi connectivity index (χ4n) is 2.92. The van der Waals surface area contributed by atoms with Gasteiger partial charge in [0.25, 0.3) is 0 Å². The molecule has 0 bridgehead atoms. The highest BCUT2D eigenvalue weighted by molar-refractivity contribution is 7.99. The number of pyridine rings is 1. The minimum Gasteiger partial charge on any atom is -0.454 e. The Hall–Kier alpha value is -2.29. The molecule has 1 N–H and O–H groups in total. The molecule has 0 aliphatic carbocycles. The third-order valence-electron chi connectivity index (χ3n) is 4.31. The summed E-state index contributed by atoms with van der Waals surface area (Å²) in [5.41, 5.74) is 1.87. The molecule has 27 heavy (non-hydrogen) atoms. The number of aromatic nitrogens is 1. The van der Waals surface area contributed by atoms with E-state index >= 15 is 0 Å². The summed E-state index contributed by atoms with van der Waals surface area (Å²) in [5.74, 6) is 1.56. The Kier molecular flexibility index (Phi) is 5.76. The van der Waals surface area contributed by atoms with Crippen molar-refractivity contribution < 1.29 is 19.0 Å². The van der Waals surface area contributed by atoms with Gasteiger partial charge in [-0.05, 0) is 23.8 Å². The fraction of sp³-hybridized carbons (Fsp3) is 0.368. The molecule has 7 nitrogen and oxygen atoms in total.